The van der Waals surface area contributed by atoms with Crippen molar-refractivity contribution in [2.45, 2.75) is 6.92 Å². The third kappa shape index (κ3) is 2.42. The van der Waals surface area contributed by atoms with Gasteiger partial charge in [0.25, 0.3) is 0 Å². The van der Waals surface area contributed by atoms with Crippen molar-refractivity contribution < 1.29 is 4.79 Å². The van der Waals surface area contributed by atoms with E-state index in [0.29, 0.717) is 0 Å². The Morgan fingerprint density at radius 2 is 2.18 bits per heavy atom. The minimum absolute atomic E-state index is 0.0876. The molecule has 0 aliphatic rings. The van der Waals surface area contributed by atoms with E-state index in [1.165, 1.54) is 6.92 Å². The number of nitrogens with two attached hydrogens (primary N) is 1. The summed E-state index contributed by atoms with van der Waals surface area (Å²) in [6.07, 6.45) is 1.57. The van der Waals surface area contributed by atoms with Gasteiger partial charge < -0.3 is 11.2 Å². The van der Waals surface area contributed by atoms with E-state index in [4.69, 9.17) is 5.84 Å². The summed E-state index contributed by atoms with van der Waals surface area (Å²) in [4.78, 5) is 11.1. The van der Waals surface area contributed by atoms with Crippen LogP contribution in [-0.2, 0) is 4.79 Å². The van der Waals surface area contributed by atoms with Crippen LogP contribution < -0.4 is 11.2 Å². The zero-order chi connectivity index (χ0) is 12.3. The van der Waals surface area contributed by atoms with E-state index in [1.54, 1.807) is 6.21 Å². The van der Waals surface area contributed by atoms with E-state index >= 15 is 0 Å². The molecule has 1 amide bonds. The summed E-state index contributed by atoms with van der Waals surface area (Å²) in [5.74, 6) is 5.04. The Hall–Kier alpha value is -2.36. The van der Waals surface area contributed by atoms with Crippen LogP contribution in [0.4, 0.5) is 5.69 Å². The Kier molecular flexibility index (Phi) is 3.05. The van der Waals surface area contributed by atoms with Crippen LogP contribution in [0.5, 0.6) is 0 Å². The number of hydrogen-bond donors (Lipinski definition) is 2. The second kappa shape index (κ2) is 4.65. The molecule has 0 aromatic heterocycles. The molecule has 0 unspecified atom stereocenters. The van der Waals surface area contributed by atoms with Gasteiger partial charge in [0.1, 0.15) is 0 Å². The molecule has 0 atom stereocenters. The quantitative estimate of drug-likeness (QED) is 0.468. The lowest BCUT2D eigenvalue weighted by molar-refractivity contribution is -0.114. The minimum Gasteiger partial charge on any atom is -0.326 e. The number of nitrogens with one attached hydrogen (secondary N) is 1. The SMILES string of the molecule is CC(=O)Nc1cccc2ccc(C=NN)cc12. The van der Waals surface area contributed by atoms with E-state index in [-0.39, 0.29) is 5.91 Å². The maximum atomic E-state index is 11.1. The highest BCUT2D eigenvalue weighted by molar-refractivity contribution is 6.03. The molecule has 3 N–H and O–H groups in total. The predicted octanol–water partition coefficient (Wildman–Crippen LogP) is 2.09. The summed E-state index contributed by atoms with van der Waals surface area (Å²) in [6.45, 7) is 1.49. The molecular weight excluding hydrogens is 214 g/mol. The molecule has 0 spiro atoms. The lowest BCUT2D eigenvalue weighted by Crippen LogP contribution is -2.06. The number of benzene rings is 2. The molecule has 2 aromatic carbocycles. The van der Waals surface area contributed by atoms with Crippen molar-refractivity contribution in [3.63, 3.8) is 0 Å². The average Bonchev–Trinajstić information content (AvgIpc) is 2.29. The molecule has 2 rings (SSSR count). The van der Waals surface area contributed by atoms with Gasteiger partial charge in [-0.15, -0.1) is 0 Å². The fourth-order valence-electron chi connectivity index (χ4n) is 1.76. The highest BCUT2D eigenvalue weighted by Gasteiger charge is 2.02. The van der Waals surface area contributed by atoms with Gasteiger partial charge in [-0.3, -0.25) is 4.79 Å². The molecule has 0 bridgehead atoms. The highest BCUT2D eigenvalue weighted by atomic mass is 16.1. The summed E-state index contributed by atoms with van der Waals surface area (Å²) in [5, 5.41) is 8.33. The number of anilines is 1. The van der Waals surface area contributed by atoms with Crippen LogP contribution in [0.15, 0.2) is 41.5 Å². The van der Waals surface area contributed by atoms with Gasteiger partial charge in [-0.25, -0.2) is 0 Å². The number of amides is 1. The number of rotatable bonds is 2. The molecule has 0 aliphatic heterocycles. The van der Waals surface area contributed by atoms with Crippen LogP contribution in [0.1, 0.15) is 12.5 Å². The molecule has 86 valence electrons. The van der Waals surface area contributed by atoms with Gasteiger partial charge in [-0.05, 0) is 23.1 Å². The van der Waals surface area contributed by atoms with Crippen molar-refractivity contribution in [1.82, 2.24) is 0 Å². The first-order chi connectivity index (χ1) is 8.20. The van der Waals surface area contributed by atoms with Gasteiger partial charge in [-0.2, -0.15) is 5.10 Å². The van der Waals surface area contributed by atoms with Crippen molar-refractivity contribution in [2.24, 2.45) is 10.9 Å². The van der Waals surface area contributed by atoms with E-state index in [0.717, 1.165) is 22.0 Å². The number of fused-ring (bicyclic) bond motifs is 1. The molecule has 0 saturated heterocycles. The Balaban J connectivity index is 2.59. The van der Waals surface area contributed by atoms with Crippen LogP contribution in [0.3, 0.4) is 0 Å². The van der Waals surface area contributed by atoms with Gasteiger partial charge in [0.15, 0.2) is 0 Å². The Bertz CT molecular complexity index is 590. The first-order valence-corrected chi connectivity index (χ1v) is 5.24. The molecule has 4 nitrogen and oxygen atoms in total. The summed E-state index contributed by atoms with van der Waals surface area (Å²) in [7, 11) is 0. The normalized spacial score (nSPS) is 10.9. The van der Waals surface area contributed by atoms with Crippen LogP contribution in [0.25, 0.3) is 10.8 Å². The maximum Gasteiger partial charge on any atom is 0.221 e. The van der Waals surface area contributed by atoms with Gasteiger partial charge >= 0.3 is 0 Å². The van der Waals surface area contributed by atoms with Crippen LogP contribution in [0.2, 0.25) is 0 Å². The smallest absolute Gasteiger partial charge is 0.221 e. The van der Waals surface area contributed by atoms with Crippen molar-refractivity contribution in [3.8, 4) is 0 Å². The van der Waals surface area contributed by atoms with Crippen molar-refractivity contribution in [2.75, 3.05) is 5.32 Å². The van der Waals surface area contributed by atoms with Crippen LogP contribution in [-0.4, -0.2) is 12.1 Å². The maximum absolute atomic E-state index is 11.1. The highest BCUT2D eigenvalue weighted by Crippen LogP contribution is 2.24. The Morgan fingerprint density at radius 3 is 2.88 bits per heavy atom. The van der Waals surface area contributed by atoms with E-state index < -0.39 is 0 Å². The fraction of sp³-hybridized carbons (Fsp3) is 0.0769. The number of nitrogens with zero attached hydrogens (tertiary/aromatic N) is 1. The third-order valence-electron chi connectivity index (χ3n) is 2.44. The molecule has 4 heteroatoms. The minimum atomic E-state index is -0.0876. The predicted molar refractivity (Wildman–Crippen MR) is 70.0 cm³/mol. The van der Waals surface area contributed by atoms with Gasteiger partial charge in [0.05, 0.1) is 6.21 Å². The summed E-state index contributed by atoms with van der Waals surface area (Å²) >= 11 is 0. The fourth-order valence-corrected chi connectivity index (χ4v) is 1.76. The van der Waals surface area contributed by atoms with Crippen molar-refractivity contribution >= 4 is 28.6 Å². The molecule has 0 heterocycles. The second-order valence-corrected chi connectivity index (χ2v) is 3.75. The van der Waals surface area contributed by atoms with Crippen molar-refractivity contribution in [3.05, 3.63) is 42.0 Å². The number of carbonyl (C=O) groups excluding carboxylic acids is 1. The number of hydrazone groups is 1. The zero-order valence-corrected chi connectivity index (χ0v) is 9.47. The van der Waals surface area contributed by atoms with Crippen LogP contribution in [0, 0.1) is 0 Å². The second-order valence-electron chi connectivity index (χ2n) is 3.75. The van der Waals surface area contributed by atoms with E-state index in [9.17, 15) is 4.79 Å². The third-order valence-corrected chi connectivity index (χ3v) is 2.44. The lowest BCUT2D eigenvalue weighted by Gasteiger charge is -2.07. The van der Waals surface area contributed by atoms with E-state index in [2.05, 4.69) is 10.4 Å². The van der Waals surface area contributed by atoms with E-state index in [1.807, 2.05) is 36.4 Å². The molecule has 0 aliphatic carbocycles. The molecular formula is C13H13N3O. The first kappa shape index (κ1) is 11.1. The van der Waals surface area contributed by atoms with Gasteiger partial charge in [0, 0.05) is 18.0 Å². The Labute approximate surface area is 99.1 Å². The largest absolute Gasteiger partial charge is 0.326 e. The standard InChI is InChI=1S/C13H13N3O/c1-9(17)16-13-4-2-3-11-6-5-10(8-15-14)7-12(11)13/h2-8H,14H2,1H3,(H,16,17). The average molecular weight is 227 g/mol. The van der Waals surface area contributed by atoms with Gasteiger partial charge in [-0.1, -0.05) is 24.3 Å². The molecule has 0 fully saturated rings. The monoisotopic (exact) mass is 227 g/mol. The summed E-state index contributed by atoms with van der Waals surface area (Å²) < 4.78 is 0. The molecule has 17 heavy (non-hydrogen) atoms. The molecule has 2 aromatic rings. The van der Waals surface area contributed by atoms with Crippen molar-refractivity contribution in [1.29, 1.82) is 0 Å². The molecule has 0 saturated carbocycles. The zero-order valence-electron chi connectivity index (χ0n) is 9.47. The summed E-state index contributed by atoms with van der Waals surface area (Å²) in [6, 6.07) is 11.6. The lowest BCUT2D eigenvalue weighted by atomic mass is 10.1. The molecule has 0 radical (unpaired) electrons. The number of hydrogen-bond acceptors (Lipinski definition) is 3. The number of carbonyl (C=O) groups is 1. The first-order valence-electron chi connectivity index (χ1n) is 5.24. The summed E-state index contributed by atoms with van der Waals surface area (Å²) in [5.41, 5.74) is 1.69. The van der Waals surface area contributed by atoms with Gasteiger partial charge in [0.2, 0.25) is 5.91 Å². The topological polar surface area (TPSA) is 67.5 Å². The Morgan fingerprint density at radius 1 is 1.35 bits per heavy atom. The van der Waals surface area contributed by atoms with Crippen LogP contribution >= 0.6 is 0 Å².